The van der Waals surface area contributed by atoms with Crippen LogP contribution in [0.5, 0.6) is 0 Å². The maximum atomic E-state index is 12.9. The zero-order valence-electron chi connectivity index (χ0n) is 12.8. The molecule has 1 aliphatic carbocycles. The monoisotopic (exact) mass is 282 g/mol. The Kier molecular flexibility index (Phi) is 4.37. The fourth-order valence-electron chi connectivity index (χ4n) is 3.39. The number of nitrogens with zero attached hydrogens (tertiary/aromatic N) is 1. The first kappa shape index (κ1) is 15.3. The summed E-state index contributed by atoms with van der Waals surface area (Å²) in [5, 5.41) is 3.04. The Labute approximate surface area is 121 Å². The lowest BCUT2D eigenvalue weighted by Crippen LogP contribution is -2.74. The summed E-state index contributed by atoms with van der Waals surface area (Å²) in [4.78, 5) is 27.3. The van der Waals surface area contributed by atoms with Gasteiger partial charge in [-0.2, -0.15) is 0 Å². The predicted octanol–water partition coefficient (Wildman–Crippen LogP) is 1.46. The van der Waals surface area contributed by atoms with E-state index < -0.39 is 11.1 Å². The van der Waals surface area contributed by atoms with Crippen LogP contribution < -0.4 is 5.32 Å². The van der Waals surface area contributed by atoms with Crippen LogP contribution in [0.3, 0.4) is 0 Å². The molecule has 2 rings (SSSR count). The Balaban J connectivity index is 2.24. The average molecular weight is 282 g/mol. The van der Waals surface area contributed by atoms with Gasteiger partial charge in [0.2, 0.25) is 11.8 Å². The largest absolute Gasteiger partial charge is 0.385 e. The number of ether oxygens (including phenoxy) is 1. The van der Waals surface area contributed by atoms with E-state index >= 15 is 0 Å². The van der Waals surface area contributed by atoms with Gasteiger partial charge >= 0.3 is 0 Å². The molecule has 5 heteroatoms. The minimum atomic E-state index is -0.724. The van der Waals surface area contributed by atoms with Crippen molar-refractivity contribution < 1.29 is 14.3 Å². The van der Waals surface area contributed by atoms with Crippen molar-refractivity contribution in [1.29, 1.82) is 0 Å². The molecule has 5 nitrogen and oxygen atoms in total. The molecule has 1 N–H and O–H groups in total. The van der Waals surface area contributed by atoms with Crippen LogP contribution in [-0.2, 0) is 14.3 Å². The Morgan fingerprint density at radius 2 is 1.95 bits per heavy atom. The fourth-order valence-corrected chi connectivity index (χ4v) is 3.39. The van der Waals surface area contributed by atoms with Gasteiger partial charge in [0.25, 0.3) is 0 Å². The third-order valence-corrected chi connectivity index (χ3v) is 4.97. The maximum Gasteiger partial charge on any atom is 0.249 e. The van der Waals surface area contributed by atoms with Gasteiger partial charge in [0.15, 0.2) is 0 Å². The lowest BCUT2D eigenvalue weighted by atomic mass is 9.83. The molecule has 1 aliphatic heterocycles. The molecular weight excluding hydrogens is 256 g/mol. The summed E-state index contributed by atoms with van der Waals surface area (Å²) in [6, 6.07) is 0. The van der Waals surface area contributed by atoms with Gasteiger partial charge in [-0.3, -0.25) is 9.59 Å². The fraction of sp³-hybridized carbons (Fsp3) is 0.867. The Bertz CT molecular complexity index is 391. The first-order valence-electron chi connectivity index (χ1n) is 7.64. The molecule has 0 aromatic heterocycles. The molecule has 1 saturated heterocycles. The maximum absolute atomic E-state index is 12.9. The lowest BCUT2D eigenvalue weighted by Gasteiger charge is -2.50. The Morgan fingerprint density at radius 3 is 2.50 bits per heavy atom. The molecule has 2 amide bonds. The van der Waals surface area contributed by atoms with Gasteiger partial charge in [-0.1, -0.05) is 19.8 Å². The topological polar surface area (TPSA) is 58.6 Å². The van der Waals surface area contributed by atoms with Crippen molar-refractivity contribution in [3.63, 3.8) is 0 Å². The quantitative estimate of drug-likeness (QED) is 0.777. The van der Waals surface area contributed by atoms with Crippen molar-refractivity contribution in [3.8, 4) is 0 Å². The highest BCUT2D eigenvalue weighted by molar-refractivity contribution is 6.02. The second-order valence-electron chi connectivity index (χ2n) is 6.17. The highest BCUT2D eigenvalue weighted by Crippen LogP contribution is 2.38. The number of amides is 2. The standard InChI is InChI=1S/C15H26N2O3/c1-4-14(2)12(18)16-15(8-5-6-9-15)13(19)17(14)10-7-11-20-3/h4-11H2,1-3H3,(H,16,18). The van der Waals surface area contributed by atoms with Gasteiger partial charge in [-0.15, -0.1) is 0 Å². The molecule has 0 bridgehead atoms. The number of piperazine rings is 1. The van der Waals surface area contributed by atoms with Crippen LogP contribution in [0.15, 0.2) is 0 Å². The molecule has 20 heavy (non-hydrogen) atoms. The van der Waals surface area contributed by atoms with Crippen LogP contribution in [-0.4, -0.2) is 48.1 Å². The van der Waals surface area contributed by atoms with Crippen LogP contribution in [0.1, 0.15) is 52.4 Å². The van der Waals surface area contributed by atoms with Gasteiger partial charge in [-0.05, 0) is 32.6 Å². The average Bonchev–Trinajstić information content (AvgIpc) is 2.90. The second-order valence-corrected chi connectivity index (χ2v) is 6.17. The minimum Gasteiger partial charge on any atom is -0.385 e. The van der Waals surface area contributed by atoms with Gasteiger partial charge in [0.1, 0.15) is 11.1 Å². The summed E-state index contributed by atoms with van der Waals surface area (Å²) < 4.78 is 5.08. The van der Waals surface area contributed by atoms with Crippen molar-refractivity contribution in [2.75, 3.05) is 20.3 Å². The molecule has 2 fully saturated rings. The molecule has 0 aromatic carbocycles. The van der Waals surface area contributed by atoms with Gasteiger partial charge in [-0.25, -0.2) is 0 Å². The van der Waals surface area contributed by atoms with E-state index in [1.807, 2.05) is 13.8 Å². The van der Waals surface area contributed by atoms with E-state index in [1.54, 1.807) is 12.0 Å². The first-order chi connectivity index (χ1) is 9.50. The summed E-state index contributed by atoms with van der Waals surface area (Å²) in [6.45, 7) is 5.03. The third kappa shape index (κ3) is 2.32. The summed E-state index contributed by atoms with van der Waals surface area (Å²) in [6.07, 6.45) is 4.98. The van der Waals surface area contributed by atoms with Gasteiger partial charge < -0.3 is 15.0 Å². The van der Waals surface area contributed by atoms with E-state index in [0.717, 1.165) is 32.1 Å². The SMILES string of the molecule is CCC1(C)C(=O)NC2(CCCC2)C(=O)N1CCCOC. The number of hydrogen-bond acceptors (Lipinski definition) is 3. The number of carbonyl (C=O) groups is 2. The highest BCUT2D eigenvalue weighted by atomic mass is 16.5. The van der Waals surface area contributed by atoms with Crippen molar-refractivity contribution in [1.82, 2.24) is 10.2 Å². The van der Waals surface area contributed by atoms with Crippen LogP contribution in [0.4, 0.5) is 0 Å². The van der Waals surface area contributed by atoms with Crippen molar-refractivity contribution >= 4 is 11.8 Å². The van der Waals surface area contributed by atoms with Crippen molar-refractivity contribution in [2.45, 2.75) is 63.5 Å². The molecule has 1 heterocycles. The summed E-state index contributed by atoms with van der Waals surface area (Å²) in [5.41, 5.74) is -1.35. The number of carbonyl (C=O) groups excluding carboxylic acids is 2. The number of nitrogens with one attached hydrogen (secondary N) is 1. The summed E-state index contributed by atoms with van der Waals surface area (Å²) >= 11 is 0. The van der Waals surface area contributed by atoms with E-state index in [4.69, 9.17) is 4.74 Å². The molecule has 1 saturated carbocycles. The van der Waals surface area contributed by atoms with Gasteiger partial charge in [0, 0.05) is 20.3 Å². The van der Waals surface area contributed by atoms with Crippen molar-refractivity contribution in [3.05, 3.63) is 0 Å². The minimum absolute atomic E-state index is 0.00100. The molecule has 1 spiro atoms. The third-order valence-electron chi connectivity index (χ3n) is 4.97. The first-order valence-corrected chi connectivity index (χ1v) is 7.64. The van der Waals surface area contributed by atoms with Crippen LogP contribution in [0.2, 0.25) is 0 Å². The molecule has 0 aromatic rings. The molecule has 1 atom stereocenters. The van der Waals surface area contributed by atoms with Crippen LogP contribution in [0.25, 0.3) is 0 Å². The Hall–Kier alpha value is -1.10. The molecule has 114 valence electrons. The lowest BCUT2D eigenvalue weighted by molar-refractivity contribution is -0.162. The predicted molar refractivity (Wildman–Crippen MR) is 76.2 cm³/mol. The Morgan fingerprint density at radius 1 is 1.30 bits per heavy atom. The van der Waals surface area contributed by atoms with E-state index in [0.29, 0.717) is 19.6 Å². The van der Waals surface area contributed by atoms with E-state index in [9.17, 15) is 9.59 Å². The van der Waals surface area contributed by atoms with Crippen molar-refractivity contribution in [2.24, 2.45) is 0 Å². The highest BCUT2D eigenvalue weighted by Gasteiger charge is 2.56. The summed E-state index contributed by atoms with van der Waals surface area (Å²) in [5.74, 6) is 0.106. The summed E-state index contributed by atoms with van der Waals surface area (Å²) in [7, 11) is 1.65. The zero-order valence-corrected chi connectivity index (χ0v) is 12.8. The zero-order chi connectivity index (χ0) is 14.8. The van der Waals surface area contributed by atoms with Crippen LogP contribution >= 0.6 is 0 Å². The van der Waals surface area contributed by atoms with Crippen LogP contribution in [0, 0.1) is 0 Å². The van der Waals surface area contributed by atoms with E-state index in [-0.39, 0.29) is 11.8 Å². The van der Waals surface area contributed by atoms with E-state index in [1.165, 1.54) is 0 Å². The number of rotatable bonds is 5. The number of hydrogen-bond donors (Lipinski definition) is 1. The number of methoxy groups -OCH3 is 1. The molecule has 0 radical (unpaired) electrons. The molecular formula is C15H26N2O3. The van der Waals surface area contributed by atoms with E-state index in [2.05, 4.69) is 5.32 Å². The molecule has 2 aliphatic rings. The normalized spacial score (nSPS) is 29.1. The second kappa shape index (κ2) is 5.72. The molecule has 1 unspecified atom stereocenters. The van der Waals surface area contributed by atoms with Gasteiger partial charge in [0.05, 0.1) is 0 Å². The smallest absolute Gasteiger partial charge is 0.249 e.